The molecule has 0 spiro atoms. The van der Waals surface area contributed by atoms with Crippen molar-refractivity contribution >= 4 is 11.9 Å². The minimum Gasteiger partial charge on any atom is -0.312 e. The molecule has 2 aliphatic rings. The maximum Gasteiger partial charge on any atom is 0.328 e. The molecule has 0 radical (unpaired) electrons. The Morgan fingerprint density at radius 3 is 2.53 bits per heavy atom. The van der Waals surface area contributed by atoms with Crippen LogP contribution in [0.2, 0.25) is 0 Å². The van der Waals surface area contributed by atoms with Crippen molar-refractivity contribution in [2.45, 2.75) is 32.4 Å². The SMILES string of the molecule is CC(C)(C)N1C(=O)C2CNCCN2C1=O. The quantitative estimate of drug-likeness (QED) is 0.575. The first-order valence-corrected chi connectivity index (χ1v) is 5.28. The number of carbonyl (C=O) groups is 2. The van der Waals surface area contributed by atoms with Gasteiger partial charge in [0.1, 0.15) is 6.04 Å². The first kappa shape index (κ1) is 10.4. The van der Waals surface area contributed by atoms with Gasteiger partial charge in [-0.3, -0.25) is 9.69 Å². The molecule has 3 amide bonds. The van der Waals surface area contributed by atoms with Crippen LogP contribution < -0.4 is 5.32 Å². The minimum atomic E-state index is -0.425. The van der Waals surface area contributed by atoms with Crippen molar-refractivity contribution in [1.82, 2.24) is 15.1 Å². The van der Waals surface area contributed by atoms with Crippen LogP contribution in [0.15, 0.2) is 0 Å². The first-order valence-electron chi connectivity index (χ1n) is 5.28. The molecule has 0 aromatic rings. The average molecular weight is 211 g/mol. The molecule has 2 fully saturated rings. The number of imide groups is 1. The molecule has 1 unspecified atom stereocenters. The van der Waals surface area contributed by atoms with Crippen molar-refractivity contribution < 1.29 is 9.59 Å². The van der Waals surface area contributed by atoms with Crippen molar-refractivity contribution in [1.29, 1.82) is 0 Å². The Morgan fingerprint density at radius 1 is 1.33 bits per heavy atom. The van der Waals surface area contributed by atoms with Gasteiger partial charge in [0.25, 0.3) is 5.91 Å². The van der Waals surface area contributed by atoms with Crippen LogP contribution in [0.3, 0.4) is 0 Å². The van der Waals surface area contributed by atoms with Crippen molar-refractivity contribution in [3.8, 4) is 0 Å². The first-order chi connectivity index (χ1) is 6.93. The van der Waals surface area contributed by atoms with Crippen molar-refractivity contribution in [2.75, 3.05) is 19.6 Å². The fourth-order valence-electron chi connectivity index (χ4n) is 2.14. The average Bonchev–Trinajstić information content (AvgIpc) is 2.39. The second-order valence-corrected chi connectivity index (χ2v) is 5.04. The van der Waals surface area contributed by atoms with Crippen LogP contribution in [0.5, 0.6) is 0 Å². The van der Waals surface area contributed by atoms with Gasteiger partial charge in [0.2, 0.25) is 0 Å². The van der Waals surface area contributed by atoms with Crippen LogP contribution in [-0.2, 0) is 4.79 Å². The number of rotatable bonds is 0. The third-order valence-electron chi connectivity index (χ3n) is 2.86. The molecule has 0 saturated carbocycles. The van der Waals surface area contributed by atoms with Crippen LogP contribution in [0.25, 0.3) is 0 Å². The van der Waals surface area contributed by atoms with E-state index in [4.69, 9.17) is 0 Å². The van der Waals surface area contributed by atoms with Gasteiger partial charge in [0, 0.05) is 25.2 Å². The van der Waals surface area contributed by atoms with Crippen LogP contribution in [0.4, 0.5) is 4.79 Å². The van der Waals surface area contributed by atoms with E-state index >= 15 is 0 Å². The molecule has 2 heterocycles. The maximum atomic E-state index is 12.0. The van der Waals surface area contributed by atoms with Crippen molar-refractivity contribution in [2.24, 2.45) is 0 Å². The largest absolute Gasteiger partial charge is 0.328 e. The number of hydrogen-bond acceptors (Lipinski definition) is 3. The summed E-state index contributed by atoms with van der Waals surface area (Å²) in [5.74, 6) is -0.0697. The summed E-state index contributed by atoms with van der Waals surface area (Å²) in [5, 5.41) is 3.14. The van der Waals surface area contributed by atoms with E-state index in [1.807, 2.05) is 20.8 Å². The molecule has 15 heavy (non-hydrogen) atoms. The third-order valence-corrected chi connectivity index (χ3v) is 2.86. The highest BCUT2D eigenvalue weighted by atomic mass is 16.2. The predicted octanol–water partition coefficient (Wildman–Crippen LogP) is 0.0209. The molecule has 1 atom stereocenters. The summed E-state index contributed by atoms with van der Waals surface area (Å²) in [4.78, 5) is 27.1. The molecular weight excluding hydrogens is 194 g/mol. The van der Waals surface area contributed by atoms with Gasteiger partial charge >= 0.3 is 6.03 Å². The van der Waals surface area contributed by atoms with Gasteiger partial charge in [0.15, 0.2) is 0 Å². The van der Waals surface area contributed by atoms with E-state index in [1.165, 1.54) is 4.90 Å². The van der Waals surface area contributed by atoms with Crippen LogP contribution in [0.1, 0.15) is 20.8 Å². The van der Waals surface area contributed by atoms with E-state index in [9.17, 15) is 9.59 Å². The van der Waals surface area contributed by atoms with Crippen molar-refractivity contribution in [3.63, 3.8) is 0 Å². The zero-order valence-electron chi connectivity index (χ0n) is 9.41. The van der Waals surface area contributed by atoms with Gasteiger partial charge < -0.3 is 10.2 Å². The van der Waals surface area contributed by atoms with Gasteiger partial charge in [-0.25, -0.2) is 4.79 Å². The Kier molecular flexibility index (Phi) is 2.22. The lowest BCUT2D eigenvalue weighted by Crippen LogP contribution is -2.51. The van der Waals surface area contributed by atoms with Crippen molar-refractivity contribution in [3.05, 3.63) is 0 Å². The van der Waals surface area contributed by atoms with Gasteiger partial charge in [0.05, 0.1) is 0 Å². The number of nitrogens with zero attached hydrogens (tertiary/aromatic N) is 2. The Labute approximate surface area is 89.4 Å². The van der Waals surface area contributed by atoms with E-state index in [0.717, 1.165) is 6.54 Å². The summed E-state index contributed by atoms with van der Waals surface area (Å²) in [6.07, 6.45) is 0. The Balaban J connectivity index is 2.29. The summed E-state index contributed by atoms with van der Waals surface area (Å²) in [6.45, 7) is 7.63. The topological polar surface area (TPSA) is 52.7 Å². The predicted molar refractivity (Wildman–Crippen MR) is 55.4 cm³/mol. The Hall–Kier alpha value is -1.10. The fourth-order valence-corrected chi connectivity index (χ4v) is 2.14. The van der Waals surface area contributed by atoms with Crippen LogP contribution in [0, 0.1) is 0 Å². The third kappa shape index (κ3) is 1.51. The van der Waals surface area contributed by atoms with E-state index < -0.39 is 5.54 Å². The van der Waals surface area contributed by atoms with Crippen LogP contribution >= 0.6 is 0 Å². The lowest BCUT2D eigenvalue weighted by molar-refractivity contribution is -0.131. The molecule has 5 nitrogen and oxygen atoms in total. The standard InChI is InChI=1S/C10H17N3O2/c1-10(2,3)13-8(14)7-6-11-4-5-12(7)9(13)15/h7,11H,4-6H2,1-3H3. The number of fused-ring (bicyclic) bond motifs is 1. The van der Waals surface area contributed by atoms with Crippen LogP contribution in [-0.4, -0.2) is 53.0 Å². The highest BCUT2D eigenvalue weighted by Gasteiger charge is 2.49. The monoisotopic (exact) mass is 211 g/mol. The summed E-state index contributed by atoms with van der Waals surface area (Å²) < 4.78 is 0. The molecule has 5 heteroatoms. The fraction of sp³-hybridized carbons (Fsp3) is 0.800. The summed E-state index contributed by atoms with van der Waals surface area (Å²) in [7, 11) is 0. The molecular formula is C10H17N3O2. The number of piperazine rings is 1. The van der Waals surface area contributed by atoms with Gasteiger partial charge in [-0.05, 0) is 20.8 Å². The highest BCUT2D eigenvalue weighted by Crippen LogP contribution is 2.26. The molecule has 0 aromatic carbocycles. The maximum absolute atomic E-state index is 12.0. The summed E-state index contributed by atoms with van der Waals surface area (Å²) in [6, 6.07) is -0.426. The zero-order valence-corrected chi connectivity index (χ0v) is 9.41. The summed E-state index contributed by atoms with van der Waals surface area (Å²) in [5.41, 5.74) is -0.425. The Bertz CT molecular complexity index is 284. The molecule has 0 aliphatic carbocycles. The second-order valence-electron chi connectivity index (χ2n) is 5.04. The van der Waals surface area contributed by atoms with E-state index in [0.29, 0.717) is 13.1 Å². The van der Waals surface area contributed by atoms with Gasteiger partial charge in [-0.15, -0.1) is 0 Å². The molecule has 2 rings (SSSR count). The highest BCUT2D eigenvalue weighted by molar-refractivity contribution is 6.05. The number of hydrogen-bond donors (Lipinski definition) is 1. The molecule has 0 aromatic heterocycles. The van der Waals surface area contributed by atoms with E-state index in [2.05, 4.69) is 5.32 Å². The number of carbonyl (C=O) groups excluding carboxylic acids is 2. The van der Waals surface area contributed by atoms with E-state index in [-0.39, 0.29) is 18.0 Å². The molecule has 0 bridgehead atoms. The van der Waals surface area contributed by atoms with Gasteiger partial charge in [-0.2, -0.15) is 0 Å². The molecule has 84 valence electrons. The number of amides is 3. The smallest absolute Gasteiger partial charge is 0.312 e. The zero-order chi connectivity index (χ0) is 11.2. The van der Waals surface area contributed by atoms with Gasteiger partial charge in [-0.1, -0.05) is 0 Å². The van der Waals surface area contributed by atoms with E-state index in [1.54, 1.807) is 4.90 Å². The number of urea groups is 1. The Morgan fingerprint density at radius 2 is 2.00 bits per heavy atom. The lowest BCUT2D eigenvalue weighted by Gasteiger charge is -2.29. The molecule has 2 saturated heterocycles. The summed E-state index contributed by atoms with van der Waals surface area (Å²) >= 11 is 0. The lowest BCUT2D eigenvalue weighted by atomic mass is 10.1. The normalized spacial score (nSPS) is 27.3. The number of nitrogens with one attached hydrogen (secondary N) is 1. The molecule has 2 aliphatic heterocycles. The molecule has 1 N–H and O–H groups in total. The second kappa shape index (κ2) is 3.20. The minimum absolute atomic E-state index is 0.0697.